The van der Waals surface area contributed by atoms with Crippen LogP contribution >= 0.6 is 11.3 Å². The molecule has 7 rings (SSSR count). The summed E-state index contributed by atoms with van der Waals surface area (Å²) in [5, 5.41) is 22.0. The molecule has 3 aromatic rings. The quantitative estimate of drug-likeness (QED) is 0.322. The maximum atomic E-state index is 14.3. The zero-order valence-corrected chi connectivity index (χ0v) is 27.1. The first-order valence-electron chi connectivity index (χ1n) is 15.3. The molecule has 3 fully saturated rings. The van der Waals surface area contributed by atoms with E-state index in [-0.39, 0.29) is 77.7 Å². The van der Waals surface area contributed by atoms with E-state index >= 15 is 0 Å². The van der Waals surface area contributed by atoms with Crippen LogP contribution in [0.4, 0.5) is 35.3 Å². The van der Waals surface area contributed by atoms with Crippen LogP contribution in [0.5, 0.6) is 0 Å². The van der Waals surface area contributed by atoms with Crippen LogP contribution in [0.1, 0.15) is 39.6 Å². The molecule has 1 saturated carbocycles. The lowest BCUT2D eigenvalue weighted by atomic mass is 10.1. The van der Waals surface area contributed by atoms with Crippen LogP contribution in [0.25, 0.3) is 10.6 Å². The Morgan fingerprint density at radius 3 is 2.47 bits per heavy atom. The maximum Gasteiger partial charge on any atom is 0.420 e. The van der Waals surface area contributed by atoms with Gasteiger partial charge in [-0.2, -0.15) is 13.2 Å². The third kappa shape index (κ3) is 6.25. The average Bonchev–Trinajstić information content (AvgIpc) is 3.78. The van der Waals surface area contributed by atoms with Crippen molar-refractivity contribution in [3.63, 3.8) is 0 Å². The number of aromatic nitrogens is 2. The molecule has 2 amide bonds. The molecule has 1 atom stereocenters. The van der Waals surface area contributed by atoms with Gasteiger partial charge in [-0.15, -0.1) is 11.3 Å². The van der Waals surface area contributed by atoms with Crippen molar-refractivity contribution in [2.75, 3.05) is 55.4 Å². The van der Waals surface area contributed by atoms with Gasteiger partial charge in [-0.05, 0) is 48.6 Å². The number of ether oxygens (including phenoxy) is 1. The highest BCUT2D eigenvalue weighted by Crippen LogP contribution is 2.46. The predicted octanol–water partition coefficient (Wildman–Crippen LogP) is 3.73. The number of carbonyl (C=O) groups excluding carboxylic acids is 1. The van der Waals surface area contributed by atoms with E-state index in [1.54, 1.807) is 17.0 Å². The third-order valence-corrected chi connectivity index (χ3v) is 12.0. The molecule has 0 bridgehead atoms. The van der Waals surface area contributed by atoms with Gasteiger partial charge in [0.1, 0.15) is 16.5 Å². The molecule has 0 unspecified atom stereocenters. The Hall–Kier alpha value is -4.49. The third-order valence-electron chi connectivity index (χ3n) is 9.05. The number of nitrogens with zero attached hydrogens (tertiary/aromatic N) is 5. The number of hydrogen-bond donors (Lipinski definition) is 3. The lowest BCUT2D eigenvalue weighted by Crippen LogP contribution is -2.58. The fourth-order valence-corrected chi connectivity index (χ4v) is 9.11. The van der Waals surface area contributed by atoms with E-state index in [4.69, 9.17) is 4.74 Å². The monoisotopic (exact) mass is 722 g/mol. The zero-order chi connectivity index (χ0) is 34.8. The van der Waals surface area contributed by atoms with Gasteiger partial charge in [0.15, 0.2) is 9.84 Å². The van der Waals surface area contributed by atoms with Crippen LogP contribution in [0.15, 0.2) is 35.4 Å². The van der Waals surface area contributed by atoms with Crippen molar-refractivity contribution < 1.29 is 50.9 Å². The van der Waals surface area contributed by atoms with E-state index < -0.39 is 51.3 Å². The molecule has 3 N–H and O–H groups in total. The number of rotatable bonds is 7. The van der Waals surface area contributed by atoms with Crippen molar-refractivity contribution in [1.82, 2.24) is 19.8 Å². The smallest absolute Gasteiger partial charge is 0.420 e. The predicted molar refractivity (Wildman–Crippen MR) is 168 cm³/mol. The van der Waals surface area contributed by atoms with Crippen molar-refractivity contribution in [1.29, 1.82) is 0 Å². The maximum absolute atomic E-state index is 14.3. The number of sulfone groups is 1. The minimum absolute atomic E-state index is 0.0146. The van der Waals surface area contributed by atoms with Gasteiger partial charge in [-0.3, -0.25) is 9.69 Å². The molecule has 4 aliphatic rings. The highest BCUT2D eigenvalue weighted by molar-refractivity contribution is 7.91. The van der Waals surface area contributed by atoms with Crippen molar-refractivity contribution in [3.05, 3.63) is 46.5 Å². The summed E-state index contributed by atoms with van der Waals surface area (Å²) < 4.78 is 74.3. The van der Waals surface area contributed by atoms with Crippen LogP contribution in [-0.2, 0) is 25.5 Å². The van der Waals surface area contributed by atoms with Crippen LogP contribution in [0.3, 0.4) is 0 Å². The summed E-state index contributed by atoms with van der Waals surface area (Å²) in [6.45, 7) is 0.604. The number of aliphatic carboxylic acids is 1. The van der Waals surface area contributed by atoms with Gasteiger partial charge >= 0.3 is 18.2 Å². The minimum Gasteiger partial charge on any atom is -0.480 e. The molecule has 1 aliphatic carbocycles. The zero-order valence-electron chi connectivity index (χ0n) is 25.5. The number of carboxylic acids is 1. The number of amides is 2. The highest BCUT2D eigenvalue weighted by Gasteiger charge is 2.41. The fourth-order valence-electron chi connectivity index (χ4n) is 6.19. The van der Waals surface area contributed by atoms with Crippen LogP contribution in [-0.4, -0.2) is 114 Å². The van der Waals surface area contributed by atoms with Gasteiger partial charge in [0.2, 0.25) is 5.95 Å². The van der Waals surface area contributed by atoms with E-state index in [2.05, 4.69) is 15.3 Å². The number of carbonyl (C=O) groups is 3. The van der Waals surface area contributed by atoms with E-state index in [0.717, 1.165) is 29.4 Å². The Bertz CT molecular complexity index is 1960. The van der Waals surface area contributed by atoms with Crippen molar-refractivity contribution in [2.24, 2.45) is 0 Å². The van der Waals surface area contributed by atoms with Gasteiger partial charge in [-0.1, -0.05) is 0 Å². The number of halogens is 3. The Morgan fingerprint density at radius 1 is 1.08 bits per heavy atom. The van der Waals surface area contributed by atoms with Crippen molar-refractivity contribution in [2.45, 2.75) is 41.9 Å². The highest BCUT2D eigenvalue weighted by atomic mass is 32.2. The average molecular weight is 723 g/mol. The van der Waals surface area contributed by atoms with E-state index in [1.807, 2.05) is 6.07 Å². The second kappa shape index (κ2) is 12.1. The van der Waals surface area contributed by atoms with Crippen molar-refractivity contribution >= 4 is 56.5 Å². The van der Waals surface area contributed by atoms with Crippen LogP contribution in [0, 0.1) is 0 Å². The number of anilines is 3. The first-order valence-corrected chi connectivity index (χ1v) is 17.8. The van der Waals surface area contributed by atoms with Crippen LogP contribution in [0.2, 0.25) is 0 Å². The Morgan fingerprint density at radius 2 is 1.84 bits per heavy atom. The molecule has 0 spiro atoms. The molecular weight excluding hydrogens is 693 g/mol. The Labute approximate surface area is 281 Å². The van der Waals surface area contributed by atoms with Crippen molar-refractivity contribution in [3.8, 4) is 10.6 Å². The summed E-state index contributed by atoms with van der Waals surface area (Å²) in [6, 6.07) is 4.71. The minimum atomic E-state index is -4.90. The number of alkyl halides is 3. The number of hydrogen-bond acceptors (Lipinski definition) is 11. The van der Waals surface area contributed by atoms with Gasteiger partial charge in [0.05, 0.1) is 40.5 Å². The van der Waals surface area contributed by atoms with Crippen LogP contribution < -0.4 is 10.2 Å². The lowest BCUT2D eigenvalue weighted by Gasteiger charge is -2.39. The normalized spacial score (nSPS) is 21.2. The number of thiophene rings is 1. The van der Waals surface area contributed by atoms with Gasteiger partial charge in [0, 0.05) is 43.8 Å². The SMILES string of the molecule is O=C(O)[C@@H]1CN(c2ccc(Nc3ncc(C(F)(F)F)c(-c4cc5c(s4)C(=O)N(C4COC4)CCS5(=O)=O)n3)c(C3CC3)c2)CCN1C(=O)O. The molecule has 2 saturated heterocycles. The summed E-state index contributed by atoms with van der Waals surface area (Å²) in [4.78, 5) is 48.3. The van der Waals surface area contributed by atoms with Gasteiger partial charge < -0.3 is 30.1 Å². The standard InChI is InChI=1S/C30H29F3N6O8S2/c31-30(32,33)19-11-34-28(36-24(19)22-10-23-25(48-22)26(40)38(17-13-47-14-17)7-8-49(23,45)46)35-20-4-3-16(9-18(20)15-1-2-15)37-5-6-39(29(43)44)21(12-37)27(41)42/h3-4,9-11,15,17,21H,1-2,5-8,12-14H2,(H,41,42)(H,43,44)(H,34,35,36)/t21-/m0/s1. The first-order chi connectivity index (χ1) is 23.2. The summed E-state index contributed by atoms with van der Waals surface area (Å²) in [6.07, 6.45) is -3.92. The van der Waals surface area contributed by atoms with E-state index in [0.29, 0.717) is 28.9 Å². The summed E-state index contributed by atoms with van der Waals surface area (Å²) in [5.41, 5.74) is 0.190. The van der Waals surface area contributed by atoms with E-state index in [1.165, 1.54) is 4.90 Å². The Kier molecular flexibility index (Phi) is 8.18. The number of fused-ring (bicyclic) bond motifs is 1. The second-order valence-electron chi connectivity index (χ2n) is 12.2. The molecule has 14 nitrogen and oxygen atoms in total. The fraction of sp³-hybridized carbons (Fsp3) is 0.433. The largest absolute Gasteiger partial charge is 0.480 e. The van der Waals surface area contributed by atoms with E-state index in [9.17, 15) is 46.2 Å². The first kappa shape index (κ1) is 33.0. The lowest BCUT2D eigenvalue weighted by molar-refractivity contribution is -0.142. The van der Waals surface area contributed by atoms with Gasteiger partial charge in [0.25, 0.3) is 5.91 Å². The molecule has 19 heteroatoms. The summed E-state index contributed by atoms with van der Waals surface area (Å²) in [5.74, 6) is -2.31. The molecule has 2 aromatic heterocycles. The molecular formula is C30H29F3N6O8S2. The number of carboxylic acid groups (broad SMARTS) is 2. The molecule has 3 aliphatic heterocycles. The Balaban J connectivity index is 1.22. The molecule has 260 valence electrons. The molecule has 0 radical (unpaired) electrons. The number of nitrogens with one attached hydrogen (secondary N) is 1. The molecule has 49 heavy (non-hydrogen) atoms. The summed E-state index contributed by atoms with van der Waals surface area (Å²) in [7, 11) is -3.99. The topological polar surface area (TPSA) is 183 Å². The second-order valence-corrected chi connectivity index (χ2v) is 15.3. The molecule has 1 aromatic carbocycles. The number of benzene rings is 1. The number of piperazine rings is 1. The molecule has 5 heterocycles. The summed E-state index contributed by atoms with van der Waals surface area (Å²) >= 11 is 0.636. The van der Waals surface area contributed by atoms with Gasteiger partial charge in [-0.25, -0.2) is 28.0 Å².